The van der Waals surface area contributed by atoms with Crippen LogP contribution in [-0.2, 0) is 0 Å². The van der Waals surface area contributed by atoms with Crippen LogP contribution in [0.15, 0.2) is 18.2 Å². The number of nitrogens with zero attached hydrogens (tertiary/aromatic N) is 2. The zero-order valence-corrected chi connectivity index (χ0v) is 11.1. The topological polar surface area (TPSA) is 51.8 Å². The van der Waals surface area contributed by atoms with Crippen LogP contribution < -0.4 is 5.73 Å². The largest absolute Gasteiger partial charge is 0.383 e. The molecular weight excluding hydrogens is 241 g/mol. The van der Waals surface area contributed by atoms with Crippen molar-refractivity contribution >= 4 is 5.82 Å². The SMILES string of the molecule is Cc1ccc(-c2nc(C3CC3)nc(N)c2C)cc1F. The second kappa shape index (κ2) is 4.30. The minimum absolute atomic E-state index is 0.220. The summed E-state index contributed by atoms with van der Waals surface area (Å²) < 4.78 is 13.7. The van der Waals surface area contributed by atoms with Gasteiger partial charge in [0, 0.05) is 17.0 Å². The van der Waals surface area contributed by atoms with Gasteiger partial charge in [-0.15, -0.1) is 0 Å². The number of hydrogen-bond donors (Lipinski definition) is 1. The van der Waals surface area contributed by atoms with E-state index in [9.17, 15) is 4.39 Å². The molecule has 0 amide bonds. The molecule has 1 fully saturated rings. The second-order valence-corrected chi connectivity index (χ2v) is 5.18. The van der Waals surface area contributed by atoms with E-state index >= 15 is 0 Å². The number of anilines is 1. The first kappa shape index (κ1) is 12.1. The first-order valence-electron chi connectivity index (χ1n) is 6.47. The van der Waals surface area contributed by atoms with Crippen molar-refractivity contribution in [1.82, 2.24) is 9.97 Å². The van der Waals surface area contributed by atoms with Gasteiger partial charge in [-0.05, 0) is 38.3 Å². The lowest BCUT2D eigenvalue weighted by molar-refractivity contribution is 0.619. The van der Waals surface area contributed by atoms with Crippen LogP contribution in [0.5, 0.6) is 0 Å². The second-order valence-electron chi connectivity index (χ2n) is 5.18. The third-order valence-corrected chi connectivity index (χ3v) is 3.59. The molecule has 2 aromatic rings. The van der Waals surface area contributed by atoms with Crippen LogP contribution in [-0.4, -0.2) is 9.97 Å². The fourth-order valence-electron chi connectivity index (χ4n) is 2.10. The molecule has 0 atom stereocenters. The van der Waals surface area contributed by atoms with Crippen molar-refractivity contribution < 1.29 is 4.39 Å². The first-order chi connectivity index (χ1) is 9.06. The molecule has 1 aliphatic rings. The number of aromatic nitrogens is 2. The van der Waals surface area contributed by atoms with Crippen LogP contribution in [0.3, 0.4) is 0 Å². The van der Waals surface area contributed by atoms with Crippen molar-refractivity contribution in [3.05, 3.63) is 41.0 Å². The zero-order valence-electron chi connectivity index (χ0n) is 11.1. The highest BCUT2D eigenvalue weighted by Crippen LogP contribution is 2.39. The van der Waals surface area contributed by atoms with Gasteiger partial charge in [-0.25, -0.2) is 14.4 Å². The molecule has 1 aliphatic carbocycles. The Morgan fingerprint density at radius 2 is 1.95 bits per heavy atom. The average Bonchev–Trinajstić information content (AvgIpc) is 3.20. The van der Waals surface area contributed by atoms with Gasteiger partial charge >= 0.3 is 0 Å². The highest BCUT2D eigenvalue weighted by Gasteiger charge is 2.28. The molecule has 2 N–H and O–H groups in total. The molecule has 1 aromatic heterocycles. The lowest BCUT2D eigenvalue weighted by Crippen LogP contribution is -2.04. The minimum Gasteiger partial charge on any atom is -0.383 e. The molecule has 3 rings (SSSR count). The molecule has 4 heteroatoms. The standard InChI is InChI=1S/C15H16FN3/c1-8-3-4-11(7-12(8)16)13-9(2)14(17)19-15(18-13)10-5-6-10/h3-4,7,10H,5-6H2,1-2H3,(H2,17,18,19). The number of nitrogen functional groups attached to an aromatic ring is 1. The number of aryl methyl sites for hydroxylation is 1. The Bertz CT molecular complexity index is 648. The van der Waals surface area contributed by atoms with Crippen molar-refractivity contribution in [2.75, 3.05) is 5.73 Å². The maximum atomic E-state index is 13.7. The van der Waals surface area contributed by atoms with Crippen molar-refractivity contribution in [3.63, 3.8) is 0 Å². The molecule has 19 heavy (non-hydrogen) atoms. The highest BCUT2D eigenvalue weighted by atomic mass is 19.1. The molecule has 0 unspecified atom stereocenters. The Hall–Kier alpha value is -1.97. The van der Waals surface area contributed by atoms with Crippen LogP contribution in [0.25, 0.3) is 11.3 Å². The first-order valence-corrected chi connectivity index (χ1v) is 6.47. The van der Waals surface area contributed by atoms with Crippen molar-refractivity contribution in [1.29, 1.82) is 0 Å². The van der Waals surface area contributed by atoms with Gasteiger partial charge in [0.25, 0.3) is 0 Å². The maximum Gasteiger partial charge on any atom is 0.134 e. The van der Waals surface area contributed by atoms with Crippen LogP contribution in [0.4, 0.5) is 10.2 Å². The molecule has 0 radical (unpaired) electrons. The normalized spacial score (nSPS) is 14.7. The van der Waals surface area contributed by atoms with E-state index in [1.807, 2.05) is 13.0 Å². The Balaban J connectivity index is 2.14. The van der Waals surface area contributed by atoms with E-state index in [-0.39, 0.29) is 5.82 Å². The summed E-state index contributed by atoms with van der Waals surface area (Å²) in [6, 6.07) is 5.16. The Labute approximate surface area is 111 Å². The Morgan fingerprint density at radius 3 is 2.58 bits per heavy atom. The predicted molar refractivity (Wildman–Crippen MR) is 73.3 cm³/mol. The van der Waals surface area contributed by atoms with Crippen molar-refractivity contribution in [2.45, 2.75) is 32.6 Å². The van der Waals surface area contributed by atoms with Gasteiger partial charge in [-0.2, -0.15) is 0 Å². The lowest BCUT2D eigenvalue weighted by atomic mass is 10.0. The minimum atomic E-state index is -0.220. The summed E-state index contributed by atoms with van der Waals surface area (Å²) in [5, 5.41) is 0. The molecular formula is C15H16FN3. The number of halogens is 1. The molecule has 0 bridgehead atoms. The van der Waals surface area contributed by atoms with Gasteiger partial charge in [0.2, 0.25) is 0 Å². The van der Waals surface area contributed by atoms with Gasteiger partial charge in [-0.1, -0.05) is 12.1 Å². The summed E-state index contributed by atoms with van der Waals surface area (Å²) >= 11 is 0. The van der Waals surface area contributed by atoms with Crippen molar-refractivity contribution in [2.24, 2.45) is 0 Å². The lowest BCUT2D eigenvalue weighted by Gasteiger charge is -2.10. The van der Waals surface area contributed by atoms with Gasteiger partial charge in [0.15, 0.2) is 0 Å². The van der Waals surface area contributed by atoms with E-state index in [1.54, 1.807) is 13.0 Å². The quantitative estimate of drug-likeness (QED) is 0.897. The Morgan fingerprint density at radius 1 is 1.21 bits per heavy atom. The van der Waals surface area contributed by atoms with E-state index in [2.05, 4.69) is 9.97 Å². The highest BCUT2D eigenvalue weighted by molar-refractivity contribution is 5.67. The van der Waals surface area contributed by atoms with E-state index in [1.165, 1.54) is 6.07 Å². The van der Waals surface area contributed by atoms with E-state index < -0.39 is 0 Å². The van der Waals surface area contributed by atoms with Crippen LogP contribution in [0.2, 0.25) is 0 Å². The molecule has 0 saturated heterocycles. The predicted octanol–water partition coefficient (Wildman–Crippen LogP) is 3.36. The van der Waals surface area contributed by atoms with E-state index in [0.717, 1.165) is 35.5 Å². The zero-order chi connectivity index (χ0) is 13.6. The summed E-state index contributed by atoms with van der Waals surface area (Å²) in [5.74, 6) is 1.49. The van der Waals surface area contributed by atoms with Crippen LogP contribution in [0, 0.1) is 19.7 Å². The fraction of sp³-hybridized carbons (Fsp3) is 0.333. The van der Waals surface area contributed by atoms with E-state index in [4.69, 9.17) is 5.73 Å². The summed E-state index contributed by atoms with van der Waals surface area (Å²) in [7, 11) is 0. The number of rotatable bonds is 2. The molecule has 0 spiro atoms. The average molecular weight is 257 g/mol. The summed E-state index contributed by atoms with van der Waals surface area (Å²) in [6.07, 6.45) is 2.23. The molecule has 1 saturated carbocycles. The van der Waals surface area contributed by atoms with Gasteiger partial charge < -0.3 is 5.73 Å². The number of hydrogen-bond acceptors (Lipinski definition) is 3. The third kappa shape index (κ3) is 2.18. The third-order valence-electron chi connectivity index (χ3n) is 3.59. The van der Waals surface area contributed by atoms with Gasteiger partial charge in [0.05, 0.1) is 5.69 Å². The summed E-state index contributed by atoms with van der Waals surface area (Å²) in [5.41, 5.74) is 8.90. The smallest absolute Gasteiger partial charge is 0.134 e. The maximum absolute atomic E-state index is 13.7. The monoisotopic (exact) mass is 257 g/mol. The number of benzene rings is 1. The van der Waals surface area contributed by atoms with Crippen molar-refractivity contribution in [3.8, 4) is 11.3 Å². The summed E-state index contributed by atoms with van der Waals surface area (Å²) in [4.78, 5) is 8.91. The van der Waals surface area contributed by atoms with Crippen LogP contribution in [0.1, 0.15) is 35.7 Å². The molecule has 98 valence electrons. The van der Waals surface area contributed by atoms with E-state index in [0.29, 0.717) is 17.3 Å². The summed E-state index contributed by atoms with van der Waals surface area (Å²) in [6.45, 7) is 3.62. The van der Waals surface area contributed by atoms with Gasteiger partial charge in [-0.3, -0.25) is 0 Å². The molecule has 0 aliphatic heterocycles. The Kier molecular flexibility index (Phi) is 2.73. The molecule has 1 aromatic carbocycles. The van der Waals surface area contributed by atoms with Crippen LogP contribution >= 0.6 is 0 Å². The number of nitrogens with two attached hydrogens (primary N) is 1. The fourth-order valence-corrected chi connectivity index (χ4v) is 2.10. The molecule has 1 heterocycles. The van der Waals surface area contributed by atoms with Gasteiger partial charge in [0.1, 0.15) is 17.5 Å². The molecule has 3 nitrogen and oxygen atoms in total.